The van der Waals surface area contributed by atoms with Crippen molar-refractivity contribution in [2.24, 2.45) is 29.1 Å². The van der Waals surface area contributed by atoms with Gasteiger partial charge >= 0.3 is 0 Å². The van der Waals surface area contributed by atoms with Gasteiger partial charge in [0.15, 0.2) is 0 Å². The van der Waals surface area contributed by atoms with Crippen molar-refractivity contribution >= 4 is 17.1 Å². The SMILES string of the molecule is CC1(C)CCC(C)(C)c2cc(N(c3ccc4c(c3)Oc3cc(-c5ccccc5)ccc3C43C4CC5CC6CC3C64C5)c3ccc4c(c3)C(C)(C)CCC4(C)C)ccc21. The monoisotopic (exact) mass is 763 g/mol. The molecule has 6 atom stereocenters. The number of rotatable bonds is 4. The highest BCUT2D eigenvalue weighted by Crippen LogP contribution is 2.89. The normalized spacial score (nSPS) is 31.4. The first-order valence-corrected chi connectivity index (χ1v) is 22.8. The predicted molar refractivity (Wildman–Crippen MR) is 239 cm³/mol. The standard InChI is InChI=1S/C56H61NO/c1-51(2)22-24-53(5,6)45-30-38(15-19-41(45)51)57(39-16-20-42-46(31-39)54(7,8)25-23-52(42,3)4)40-17-21-44-48(32-40)58-47-28-36(35-12-10-9-11-13-35)14-18-43(47)56(44)49-27-34-26-37-29-50(56)55(37,49)33-34/h9-21,28,30-32,34,37,49-50H,22-27,29,33H2,1-8H3. The molecule has 4 saturated carbocycles. The van der Waals surface area contributed by atoms with Crippen LogP contribution in [0.15, 0.2) is 103 Å². The molecule has 1 heterocycles. The Kier molecular flexibility index (Phi) is 6.93. The van der Waals surface area contributed by atoms with E-state index in [1.54, 1.807) is 0 Å². The van der Waals surface area contributed by atoms with Crippen molar-refractivity contribution in [3.8, 4) is 22.6 Å². The summed E-state index contributed by atoms with van der Waals surface area (Å²) in [7, 11) is 0. The van der Waals surface area contributed by atoms with Crippen molar-refractivity contribution in [2.75, 3.05) is 4.90 Å². The minimum atomic E-state index is 0.0377. The first kappa shape index (κ1) is 35.6. The van der Waals surface area contributed by atoms with Gasteiger partial charge in [-0.3, -0.25) is 0 Å². The van der Waals surface area contributed by atoms with Gasteiger partial charge in [0.2, 0.25) is 0 Å². The molecule has 1 aliphatic heterocycles. The summed E-state index contributed by atoms with van der Waals surface area (Å²) in [5.74, 6) is 5.42. The fraction of sp³-hybridized carbons (Fsp3) is 0.464. The van der Waals surface area contributed by atoms with Gasteiger partial charge in [-0.25, -0.2) is 0 Å². The summed E-state index contributed by atoms with van der Waals surface area (Å²) in [6.07, 6.45) is 10.5. The van der Waals surface area contributed by atoms with Gasteiger partial charge in [-0.05, 0) is 172 Å². The summed E-state index contributed by atoms with van der Waals surface area (Å²) >= 11 is 0. The van der Waals surface area contributed by atoms with Crippen LogP contribution in [0.5, 0.6) is 11.5 Å². The lowest BCUT2D eigenvalue weighted by atomic mass is 9.26. The predicted octanol–water partition coefficient (Wildman–Crippen LogP) is 15.0. The Hall–Kier alpha value is -4.30. The van der Waals surface area contributed by atoms with Crippen LogP contribution in [0.4, 0.5) is 17.1 Å². The molecule has 6 unspecified atom stereocenters. The van der Waals surface area contributed by atoms with E-state index in [0.717, 1.165) is 23.3 Å². The highest BCUT2D eigenvalue weighted by Gasteiger charge is 2.84. The summed E-state index contributed by atoms with van der Waals surface area (Å²) < 4.78 is 7.30. The molecule has 6 aliphatic carbocycles. The van der Waals surface area contributed by atoms with Crippen LogP contribution >= 0.6 is 0 Å². The average Bonchev–Trinajstić information content (AvgIpc) is 3.74. The lowest BCUT2D eigenvalue weighted by Crippen LogP contribution is -2.74. The van der Waals surface area contributed by atoms with Crippen molar-refractivity contribution in [3.63, 3.8) is 0 Å². The van der Waals surface area contributed by atoms with Crippen LogP contribution in [0.25, 0.3) is 11.1 Å². The molecule has 0 saturated heterocycles. The second-order valence-corrected chi connectivity index (χ2v) is 22.8. The average molecular weight is 764 g/mol. The number of anilines is 3. The molecule has 296 valence electrons. The van der Waals surface area contributed by atoms with Gasteiger partial charge in [0.25, 0.3) is 0 Å². The number of fused-ring (bicyclic) bond motifs is 9. The number of hydrogen-bond donors (Lipinski definition) is 0. The van der Waals surface area contributed by atoms with Gasteiger partial charge in [0.05, 0.1) is 0 Å². The third kappa shape index (κ3) is 4.46. The Labute approximate surface area is 347 Å². The first-order chi connectivity index (χ1) is 27.6. The summed E-state index contributed by atoms with van der Waals surface area (Å²) in [4.78, 5) is 2.57. The Balaban J connectivity index is 1.06. The van der Waals surface area contributed by atoms with Crippen molar-refractivity contribution in [2.45, 2.75) is 134 Å². The molecule has 0 N–H and O–H groups in total. The van der Waals surface area contributed by atoms with E-state index >= 15 is 0 Å². The lowest BCUT2D eigenvalue weighted by Gasteiger charge is -2.77. The Morgan fingerprint density at radius 2 is 0.966 bits per heavy atom. The Morgan fingerprint density at radius 3 is 1.55 bits per heavy atom. The van der Waals surface area contributed by atoms with Crippen molar-refractivity contribution in [1.82, 2.24) is 0 Å². The van der Waals surface area contributed by atoms with Crippen molar-refractivity contribution in [1.29, 1.82) is 0 Å². The molecule has 7 aliphatic rings. The molecule has 5 aromatic carbocycles. The van der Waals surface area contributed by atoms with E-state index in [0.29, 0.717) is 17.3 Å². The molecule has 5 aromatic rings. The highest BCUT2D eigenvalue weighted by molar-refractivity contribution is 5.81. The molecule has 58 heavy (non-hydrogen) atoms. The number of nitrogens with zero attached hydrogens (tertiary/aromatic N) is 1. The Bertz CT molecular complexity index is 2480. The van der Waals surface area contributed by atoms with E-state index in [1.165, 1.54) is 113 Å². The second-order valence-electron chi connectivity index (χ2n) is 22.8. The van der Waals surface area contributed by atoms with Gasteiger partial charge < -0.3 is 9.64 Å². The zero-order chi connectivity index (χ0) is 39.8. The number of hydrogen-bond acceptors (Lipinski definition) is 2. The first-order valence-electron chi connectivity index (χ1n) is 22.8. The van der Waals surface area contributed by atoms with Gasteiger partial charge in [-0.2, -0.15) is 0 Å². The van der Waals surface area contributed by atoms with Gasteiger partial charge in [0.1, 0.15) is 11.5 Å². The van der Waals surface area contributed by atoms with Crippen LogP contribution in [-0.4, -0.2) is 0 Å². The van der Waals surface area contributed by atoms with Crippen LogP contribution in [0.3, 0.4) is 0 Å². The molecule has 12 rings (SSSR count). The Morgan fingerprint density at radius 1 is 0.466 bits per heavy atom. The quantitative estimate of drug-likeness (QED) is 0.181. The van der Waals surface area contributed by atoms with E-state index in [2.05, 4.69) is 163 Å². The third-order valence-electron chi connectivity index (χ3n) is 18.1. The molecule has 2 bridgehead atoms. The van der Waals surface area contributed by atoms with Gasteiger partial charge in [-0.1, -0.05) is 116 Å². The van der Waals surface area contributed by atoms with Crippen molar-refractivity contribution in [3.05, 3.63) is 137 Å². The van der Waals surface area contributed by atoms with Gasteiger partial charge in [-0.15, -0.1) is 0 Å². The maximum atomic E-state index is 7.30. The zero-order valence-corrected chi connectivity index (χ0v) is 36.1. The maximum Gasteiger partial charge on any atom is 0.133 e. The van der Waals surface area contributed by atoms with E-state index < -0.39 is 0 Å². The maximum absolute atomic E-state index is 7.30. The van der Waals surface area contributed by atoms with Crippen molar-refractivity contribution < 1.29 is 4.74 Å². The van der Waals surface area contributed by atoms with E-state index in [1.807, 2.05) is 0 Å². The van der Waals surface area contributed by atoms with E-state index in [-0.39, 0.29) is 27.1 Å². The highest BCUT2D eigenvalue weighted by atomic mass is 16.5. The van der Waals surface area contributed by atoms with Crippen LogP contribution < -0.4 is 9.64 Å². The molecule has 0 radical (unpaired) electrons. The molecule has 2 heteroatoms. The van der Waals surface area contributed by atoms with E-state index in [9.17, 15) is 0 Å². The molecule has 2 spiro atoms. The summed E-state index contributed by atoms with van der Waals surface area (Å²) in [6, 6.07) is 40.4. The number of ether oxygens (including phenoxy) is 1. The fourth-order valence-electron chi connectivity index (χ4n) is 15.0. The van der Waals surface area contributed by atoms with Crippen LogP contribution in [0, 0.1) is 29.1 Å². The smallest absolute Gasteiger partial charge is 0.133 e. The van der Waals surface area contributed by atoms with Crippen LogP contribution in [-0.2, 0) is 27.1 Å². The minimum absolute atomic E-state index is 0.0377. The molecular weight excluding hydrogens is 703 g/mol. The van der Waals surface area contributed by atoms with E-state index in [4.69, 9.17) is 4.74 Å². The third-order valence-corrected chi connectivity index (χ3v) is 18.1. The van der Waals surface area contributed by atoms with Gasteiger partial charge in [0, 0.05) is 39.7 Å². The number of benzene rings is 5. The molecule has 0 amide bonds. The molecule has 0 aromatic heterocycles. The fourth-order valence-corrected chi connectivity index (χ4v) is 15.0. The largest absolute Gasteiger partial charge is 0.457 e. The topological polar surface area (TPSA) is 12.5 Å². The summed E-state index contributed by atoms with van der Waals surface area (Å²) in [5, 5.41) is 0. The summed E-state index contributed by atoms with van der Waals surface area (Å²) in [6.45, 7) is 19.6. The second kappa shape index (κ2) is 11.3. The molecule has 4 fully saturated rings. The molecular formula is C56H61NO. The zero-order valence-electron chi connectivity index (χ0n) is 36.1. The minimum Gasteiger partial charge on any atom is -0.457 e. The van der Waals surface area contributed by atoms with Crippen LogP contribution in [0.2, 0.25) is 0 Å². The summed E-state index contributed by atoms with van der Waals surface area (Å²) in [5.41, 5.74) is 16.2. The van der Waals surface area contributed by atoms with Crippen LogP contribution in [0.1, 0.15) is 140 Å². The lowest BCUT2D eigenvalue weighted by molar-refractivity contribution is -0.235. The molecule has 2 nitrogen and oxygen atoms in total.